The second-order valence-electron chi connectivity index (χ2n) is 17.2. The Bertz CT molecular complexity index is 1380. The number of rotatable bonds is 6. The summed E-state index contributed by atoms with van der Waals surface area (Å²) in [6, 6.07) is 0. The van der Waals surface area contributed by atoms with E-state index in [2.05, 4.69) is 47.6 Å². The van der Waals surface area contributed by atoms with Crippen LogP contribution in [0.4, 0.5) is 0 Å². The average Bonchev–Trinajstić information content (AvgIpc) is 2.98. The van der Waals surface area contributed by atoms with Gasteiger partial charge in [-0.25, -0.2) is 4.18 Å². The Morgan fingerprint density at radius 2 is 1.70 bits per heavy atom. The van der Waals surface area contributed by atoms with E-state index < -0.39 is 57.2 Å². The first-order chi connectivity index (χ1) is 21.8. The van der Waals surface area contributed by atoms with Gasteiger partial charge in [0.2, 0.25) is 0 Å². The fourth-order valence-electron chi connectivity index (χ4n) is 12.5. The van der Waals surface area contributed by atoms with Crippen molar-refractivity contribution in [3.63, 3.8) is 0 Å². The van der Waals surface area contributed by atoms with Crippen LogP contribution in [-0.4, -0.2) is 83.3 Å². The SMILES string of the molecule is CC1CCC2(C(=O)O)CCC3(CO)C(=CCC4C5(C)CCC(OC6OCC(O)C(O)C6OS(=O)(=O)O)C(C)(C)C5CCC43C)C2C1C. The van der Waals surface area contributed by atoms with Gasteiger partial charge in [0.25, 0.3) is 0 Å². The molecular weight excluding hydrogens is 628 g/mol. The van der Waals surface area contributed by atoms with Crippen LogP contribution in [0.25, 0.3) is 0 Å². The summed E-state index contributed by atoms with van der Waals surface area (Å²) >= 11 is 0. The summed E-state index contributed by atoms with van der Waals surface area (Å²) in [4.78, 5) is 13.0. The number of hydrogen-bond acceptors (Lipinski definition) is 9. The monoisotopic (exact) mass is 684 g/mol. The Morgan fingerprint density at radius 3 is 2.34 bits per heavy atom. The van der Waals surface area contributed by atoms with Gasteiger partial charge in [-0.1, -0.05) is 53.2 Å². The summed E-state index contributed by atoms with van der Waals surface area (Å²) < 4.78 is 49.4. The number of allylic oxidation sites excluding steroid dienone is 1. The van der Waals surface area contributed by atoms with Crippen LogP contribution < -0.4 is 0 Å². The van der Waals surface area contributed by atoms with E-state index in [0.29, 0.717) is 31.6 Å². The standard InChI is InChI=1S/C35H56O11S/c1-19-9-14-34(30(39)40)15-16-35(18-36)21(26(34)20(19)2)7-8-24-32(5)12-11-25(31(3,4)23(32)10-13-33(24,35)6)45-29-28(46-47(41,42)43)27(38)22(37)17-44-29/h7,19-20,22-29,36-38H,8-18H2,1-6H3,(H,39,40)(H,41,42,43). The highest BCUT2D eigenvalue weighted by Crippen LogP contribution is 2.76. The van der Waals surface area contributed by atoms with E-state index in [0.717, 1.165) is 32.1 Å². The summed E-state index contributed by atoms with van der Waals surface area (Å²) in [5.74, 6) is 0.301. The van der Waals surface area contributed by atoms with E-state index in [4.69, 9.17) is 13.7 Å². The number of carboxylic acids is 1. The van der Waals surface area contributed by atoms with Crippen LogP contribution >= 0.6 is 0 Å². The highest BCUT2D eigenvalue weighted by Gasteiger charge is 2.71. The van der Waals surface area contributed by atoms with Gasteiger partial charge < -0.3 is 29.9 Å². The number of carbonyl (C=O) groups is 1. The zero-order chi connectivity index (χ0) is 34.5. The predicted molar refractivity (Wildman–Crippen MR) is 171 cm³/mol. The first-order valence-corrected chi connectivity index (χ1v) is 19.0. The molecule has 0 amide bonds. The third kappa shape index (κ3) is 5.13. The molecule has 0 aromatic rings. The number of carboxylic acid groups (broad SMARTS) is 1. The Morgan fingerprint density at radius 1 is 1.00 bits per heavy atom. The van der Waals surface area contributed by atoms with E-state index in [1.165, 1.54) is 5.57 Å². The largest absolute Gasteiger partial charge is 0.481 e. The van der Waals surface area contributed by atoms with Crippen LogP contribution in [0.5, 0.6) is 0 Å². The van der Waals surface area contributed by atoms with Crippen LogP contribution in [0.2, 0.25) is 0 Å². The van der Waals surface area contributed by atoms with Gasteiger partial charge in [-0.3, -0.25) is 9.35 Å². The quantitative estimate of drug-likeness (QED) is 0.153. The lowest BCUT2D eigenvalue weighted by Gasteiger charge is -2.71. The molecule has 5 N–H and O–H groups in total. The Hall–Kier alpha value is -1.12. The molecule has 14 unspecified atom stereocenters. The van der Waals surface area contributed by atoms with Crippen molar-refractivity contribution in [1.82, 2.24) is 0 Å². The van der Waals surface area contributed by atoms with Crippen LogP contribution in [0.1, 0.15) is 99.3 Å². The molecule has 47 heavy (non-hydrogen) atoms. The van der Waals surface area contributed by atoms with Crippen molar-refractivity contribution in [1.29, 1.82) is 0 Å². The van der Waals surface area contributed by atoms with E-state index >= 15 is 0 Å². The van der Waals surface area contributed by atoms with Crippen molar-refractivity contribution in [2.75, 3.05) is 13.2 Å². The Kier molecular flexibility index (Phi) is 8.90. The topological polar surface area (TPSA) is 180 Å². The third-order valence-corrected chi connectivity index (χ3v) is 15.7. The van der Waals surface area contributed by atoms with Crippen molar-refractivity contribution < 1.29 is 51.8 Å². The third-order valence-electron chi connectivity index (χ3n) is 15.3. The molecule has 1 heterocycles. The van der Waals surface area contributed by atoms with E-state index in [-0.39, 0.29) is 53.8 Å². The number of aliphatic hydroxyl groups excluding tert-OH is 3. The van der Waals surface area contributed by atoms with Gasteiger partial charge in [-0.15, -0.1) is 0 Å². The van der Waals surface area contributed by atoms with Crippen LogP contribution in [-0.2, 0) is 28.9 Å². The summed E-state index contributed by atoms with van der Waals surface area (Å²) in [6.07, 6.45) is 2.87. The summed E-state index contributed by atoms with van der Waals surface area (Å²) in [6.45, 7) is 13.3. The highest BCUT2D eigenvalue weighted by molar-refractivity contribution is 7.80. The van der Waals surface area contributed by atoms with Crippen LogP contribution in [0.15, 0.2) is 11.6 Å². The molecule has 12 heteroatoms. The number of aliphatic hydroxyl groups is 3. The molecule has 268 valence electrons. The molecule has 5 fully saturated rings. The second-order valence-corrected chi connectivity index (χ2v) is 18.3. The normalized spacial score (nSPS) is 51.1. The molecule has 6 rings (SSSR count). The molecule has 1 saturated heterocycles. The van der Waals surface area contributed by atoms with Gasteiger partial charge >= 0.3 is 16.4 Å². The Balaban J connectivity index is 1.32. The second kappa shape index (κ2) is 11.7. The lowest BCUT2D eigenvalue weighted by molar-refractivity contribution is -0.304. The van der Waals surface area contributed by atoms with Gasteiger partial charge in [0, 0.05) is 5.41 Å². The van der Waals surface area contributed by atoms with Gasteiger partial charge in [0.05, 0.1) is 24.7 Å². The van der Waals surface area contributed by atoms with Gasteiger partial charge in [-0.2, -0.15) is 8.42 Å². The summed E-state index contributed by atoms with van der Waals surface area (Å²) in [5.41, 5.74) is -0.821. The summed E-state index contributed by atoms with van der Waals surface area (Å²) in [5, 5.41) is 42.8. The molecule has 11 nitrogen and oxygen atoms in total. The van der Waals surface area contributed by atoms with Gasteiger partial charge in [-0.05, 0) is 104 Å². The average molecular weight is 685 g/mol. The van der Waals surface area contributed by atoms with Gasteiger partial charge in [0.15, 0.2) is 12.4 Å². The van der Waals surface area contributed by atoms with Crippen LogP contribution in [0.3, 0.4) is 0 Å². The number of fused-ring (bicyclic) bond motifs is 7. The van der Waals surface area contributed by atoms with Crippen molar-refractivity contribution >= 4 is 16.4 Å². The van der Waals surface area contributed by atoms with Crippen molar-refractivity contribution in [3.8, 4) is 0 Å². The fourth-order valence-corrected chi connectivity index (χ4v) is 13.0. The van der Waals surface area contributed by atoms with E-state index in [9.17, 15) is 38.2 Å². The van der Waals surface area contributed by atoms with Crippen molar-refractivity contribution in [2.24, 2.45) is 56.7 Å². The molecule has 0 radical (unpaired) electrons. The minimum atomic E-state index is -4.96. The number of aliphatic carboxylic acids is 1. The fraction of sp³-hybridized carbons (Fsp3) is 0.914. The van der Waals surface area contributed by atoms with Crippen molar-refractivity contribution in [2.45, 2.75) is 130 Å². The molecule has 4 saturated carbocycles. The molecule has 1 aliphatic heterocycles. The minimum Gasteiger partial charge on any atom is -0.481 e. The van der Waals surface area contributed by atoms with E-state index in [1.54, 1.807) is 0 Å². The molecule has 0 spiro atoms. The maximum absolute atomic E-state index is 13.0. The minimum absolute atomic E-state index is 0.0113. The molecule has 6 aliphatic rings. The molecule has 5 aliphatic carbocycles. The predicted octanol–water partition coefficient (Wildman–Crippen LogP) is 4.35. The van der Waals surface area contributed by atoms with Gasteiger partial charge in [0.1, 0.15) is 12.2 Å². The lowest BCUT2D eigenvalue weighted by Crippen LogP contribution is -2.67. The number of ether oxygens (including phenoxy) is 2. The zero-order valence-corrected chi connectivity index (χ0v) is 29.5. The van der Waals surface area contributed by atoms with E-state index in [1.807, 2.05) is 0 Å². The van der Waals surface area contributed by atoms with Crippen molar-refractivity contribution in [3.05, 3.63) is 11.6 Å². The first-order valence-electron chi connectivity index (χ1n) is 17.6. The molecule has 14 atom stereocenters. The maximum Gasteiger partial charge on any atom is 0.397 e. The zero-order valence-electron chi connectivity index (χ0n) is 28.7. The highest BCUT2D eigenvalue weighted by atomic mass is 32.3. The molecule has 0 aromatic heterocycles. The number of hydrogen-bond donors (Lipinski definition) is 5. The molecular formula is C35H56O11S. The molecule has 0 aromatic carbocycles. The van der Waals surface area contributed by atoms with Crippen LogP contribution in [0, 0.1) is 56.7 Å². The maximum atomic E-state index is 13.0. The molecule has 0 bridgehead atoms. The summed E-state index contributed by atoms with van der Waals surface area (Å²) in [7, 11) is -4.96. The Labute approximate surface area is 279 Å². The first kappa shape index (κ1) is 35.7. The lowest BCUT2D eigenvalue weighted by atomic mass is 9.33. The smallest absolute Gasteiger partial charge is 0.397 e.